The molecule has 0 spiro atoms. The number of rotatable bonds is 4. The molecule has 1 heterocycles. The highest BCUT2D eigenvalue weighted by molar-refractivity contribution is 5.61. The van der Waals surface area contributed by atoms with Gasteiger partial charge in [-0.25, -0.2) is 0 Å². The van der Waals surface area contributed by atoms with E-state index < -0.39 is 0 Å². The molecule has 0 radical (unpaired) electrons. The molecular formula is C15H24N2. The van der Waals surface area contributed by atoms with Crippen molar-refractivity contribution in [3.63, 3.8) is 0 Å². The fourth-order valence-corrected chi connectivity index (χ4v) is 2.72. The Kier molecular flexibility index (Phi) is 3.72. The molecule has 0 aromatic heterocycles. The minimum atomic E-state index is 0.448. The van der Waals surface area contributed by atoms with Crippen molar-refractivity contribution >= 4 is 5.69 Å². The van der Waals surface area contributed by atoms with E-state index in [9.17, 15) is 0 Å². The summed E-state index contributed by atoms with van der Waals surface area (Å²) in [7, 11) is 2.03. The van der Waals surface area contributed by atoms with Crippen molar-refractivity contribution < 1.29 is 0 Å². The van der Waals surface area contributed by atoms with E-state index in [0.717, 1.165) is 5.92 Å². The minimum Gasteiger partial charge on any atom is -0.371 e. The summed E-state index contributed by atoms with van der Waals surface area (Å²) in [5, 5.41) is 3.35. The summed E-state index contributed by atoms with van der Waals surface area (Å²) in [6, 6.07) is 7.18. The van der Waals surface area contributed by atoms with Gasteiger partial charge >= 0.3 is 0 Å². The van der Waals surface area contributed by atoms with Crippen molar-refractivity contribution in [3.8, 4) is 0 Å². The van der Waals surface area contributed by atoms with E-state index in [2.05, 4.69) is 49.2 Å². The summed E-state index contributed by atoms with van der Waals surface area (Å²) in [5.41, 5.74) is 4.48. The van der Waals surface area contributed by atoms with E-state index in [1.807, 2.05) is 7.05 Å². The van der Waals surface area contributed by atoms with E-state index in [4.69, 9.17) is 0 Å². The molecule has 0 aliphatic carbocycles. The third kappa shape index (κ3) is 2.47. The second kappa shape index (κ2) is 5.09. The summed E-state index contributed by atoms with van der Waals surface area (Å²) in [6.07, 6.45) is 1.20. The third-order valence-electron chi connectivity index (χ3n) is 3.64. The summed E-state index contributed by atoms with van der Waals surface area (Å²) < 4.78 is 0. The lowest BCUT2D eigenvalue weighted by Gasteiger charge is -2.22. The van der Waals surface area contributed by atoms with Crippen molar-refractivity contribution in [3.05, 3.63) is 29.3 Å². The van der Waals surface area contributed by atoms with Crippen LogP contribution < -0.4 is 10.2 Å². The number of nitrogens with zero attached hydrogens (tertiary/aromatic N) is 1. The Morgan fingerprint density at radius 3 is 2.71 bits per heavy atom. The first-order chi connectivity index (χ1) is 8.13. The molecule has 94 valence electrons. The average Bonchev–Trinajstić information content (AvgIpc) is 2.71. The largest absolute Gasteiger partial charge is 0.371 e. The van der Waals surface area contributed by atoms with Crippen molar-refractivity contribution in [2.24, 2.45) is 5.92 Å². The predicted molar refractivity (Wildman–Crippen MR) is 74.7 cm³/mol. The maximum absolute atomic E-state index is 3.35. The number of hydrogen-bond acceptors (Lipinski definition) is 2. The van der Waals surface area contributed by atoms with E-state index in [1.54, 1.807) is 5.56 Å². The molecule has 0 amide bonds. The van der Waals surface area contributed by atoms with Gasteiger partial charge in [-0.2, -0.15) is 0 Å². The Morgan fingerprint density at radius 1 is 1.29 bits per heavy atom. The highest BCUT2D eigenvalue weighted by Gasteiger charge is 2.23. The predicted octanol–water partition coefficient (Wildman–Crippen LogP) is 2.99. The van der Waals surface area contributed by atoms with Crippen LogP contribution in [-0.4, -0.2) is 20.1 Å². The lowest BCUT2D eigenvalue weighted by Crippen LogP contribution is -2.25. The van der Waals surface area contributed by atoms with Crippen LogP contribution in [0.15, 0.2) is 18.2 Å². The number of anilines is 1. The van der Waals surface area contributed by atoms with Crippen molar-refractivity contribution in [1.82, 2.24) is 5.32 Å². The Hall–Kier alpha value is -1.02. The van der Waals surface area contributed by atoms with Gasteiger partial charge in [0, 0.05) is 24.8 Å². The third-order valence-corrected chi connectivity index (χ3v) is 3.64. The van der Waals surface area contributed by atoms with Gasteiger partial charge in [0.1, 0.15) is 0 Å². The van der Waals surface area contributed by atoms with Crippen LogP contribution in [0.3, 0.4) is 0 Å². The molecule has 1 atom stereocenters. The normalized spacial score (nSPS) is 16.4. The van der Waals surface area contributed by atoms with Gasteiger partial charge in [-0.3, -0.25) is 0 Å². The zero-order valence-electron chi connectivity index (χ0n) is 11.5. The number of benzene rings is 1. The molecular weight excluding hydrogens is 208 g/mol. The molecule has 2 nitrogen and oxygen atoms in total. The maximum atomic E-state index is 3.35. The van der Waals surface area contributed by atoms with E-state index >= 15 is 0 Å². The monoisotopic (exact) mass is 232 g/mol. The number of fused-ring (bicyclic) bond motifs is 1. The fraction of sp³-hybridized carbons (Fsp3) is 0.600. The van der Waals surface area contributed by atoms with Gasteiger partial charge < -0.3 is 10.2 Å². The summed E-state index contributed by atoms with van der Waals surface area (Å²) in [4.78, 5) is 2.53. The molecule has 2 rings (SSSR count). The van der Waals surface area contributed by atoms with Crippen molar-refractivity contribution in [2.75, 3.05) is 25.0 Å². The summed E-state index contributed by atoms with van der Waals surface area (Å²) in [5.74, 6) is 0.728. The van der Waals surface area contributed by atoms with E-state index in [0.29, 0.717) is 6.04 Å². The van der Waals surface area contributed by atoms with Crippen LogP contribution in [-0.2, 0) is 6.42 Å². The van der Waals surface area contributed by atoms with Gasteiger partial charge in [0.05, 0.1) is 0 Å². The first kappa shape index (κ1) is 12.4. The standard InChI is InChI=1S/C15H24N2/c1-11(2)10-17-9-8-14-13(12(3)16-4)6-5-7-15(14)17/h5-7,11-12,16H,8-10H2,1-4H3. The average molecular weight is 232 g/mol. The number of nitrogens with one attached hydrogen (secondary N) is 1. The molecule has 1 aromatic rings. The van der Waals surface area contributed by atoms with E-state index in [1.165, 1.54) is 30.8 Å². The van der Waals surface area contributed by atoms with Gasteiger partial charge in [-0.05, 0) is 43.5 Å². The summed E-state index contributed by atoms with van der Waals surface area (Å²) >= 11 is 0. The molecule has 1 aromatic carbocycles. The topological polar surface area (TPSA) is 15.3 Å². The molecule has 0 saturated heterocycles. The van der Waals surface area contributed by atoms with Gasteiger partial charge in [0.25, 0.3) is 0 Å². The molecule has 1 N–H and O–H groups in total. The second-order valence-corrected chi connectivity index (χ2v) is 5.45. The summed E-state index contributed by atoms with van der Waals surface area (Å²) in [6.45, 7) is 9.17. The molecule has 17 heavy (non-hydrogen) atoms. The minimum absolute atomic E-state index is 0.448. The van der Waals surface area contributed by atoms with Crippen LogP contribution in [0.1, 0.15) is 37.9 Å². The highest BCUT2D eigenvalue weighted by atomic mass is 15.1. The Bertz CT molecular complexity index is 385. The zero-order chi connectivity index (χ0) is 12.4. The van der Waals surface area contributed by atoms with Crippen LogP contribution in [0.2, 0.25) is 0 Å². The van der Waals surface area contributed by atoms with Gasteiger partial charge in [0.15, 0.2) is 0 Å². The SMILES string of the molecule is CNC(C)c1cccc2c1CCN2CC(C)C. The molecule has 0 fully saturated rings. The second-order valence-electron chi connectivity index (χ2n) is 5.45. The molecule has 1 aliphatic rings. The lowest BCUT2D eigenvalue weighted by atomic mass is 9.99. The van der Waals surface area contributed by atoms with E-state index in [-0.39, 0.29) is 0 Å². The van der Waals surface area contributed by atoms with Crippen molar-refractivity contribution in [2.45, 2.75) is 33.2 Å². The smallest absolute Gasteiger partial charge is 0.0402 e. The van der Waals surface area contributed by atoms with Crippen LogP contribution in [0.4, 0.5) is 5.69 Å². The first-order valence-corrected chi connectivity index (χ1v) is 6.67. The Labute approximate surface area is 105 Å². The van der Waals surface area contributed by atoms with Crippen LogP contribution in [0.5, 0.6) is 0 Å². The molecule has 0 bridgehead atoms. The van der Waals surface area contributed by atoms with Gasteiger partial charge in [-0.15, -0.1) is 0 Å². The van der Waals surface area contributed by atoms with Gasteiger partial charge in [0.2, 0.25) is 0 Å². The first-order valence-electron chi connectivity index (χ1n) is 6.67. The van der Waals surface area contributed by atoms with Crippen LogP contribution in [0.25, 0.3) is 0 Å². The zero-order valence-corrected chi connectivity index (χ0v) is 11.5. The quantitative estimate of drug-likeness (QED) is 0.858. The maximum Gasteiger partial charge on any atom is 0.0402 e. The lowest BCUT2D eigenvalue weighted by molar-refractivity contribution is 0.622. The Morgan fingerprint density at radius 2 is 2.06 bits per heavy atom. The molecule has 1 unspecified atom stereocenters. The van der Waals surface area contributed by atoms with Gasteiger partial charge in [-0.1, -0.05) is 26.0 Å². The number of hydrogen-bond donors (Lipinski definition) is 1. The fourth-order valence-electron chi connectivity index (χ4n) is 2.72. The molecule has 2 heteroatoms. The molecule has 0 saturated carbocycles. The van der Waals surface area contributed by atoms with Crippen LogP contribution >= 0.6 is 0 Å². The van der Waals surface area contributed by atoms with Crippen molar-refractivity contribution in [1.29, 1.82) is 0 Å². The molecule has 1 aliphatic heterocycles. The highest BCUT2D eigenvalue weighted by Crippen LogP contribution is 2.33. The van der Waals surface area contributed by atoms with Crippen LogP contribution in [0, 0.1) is 5.92 Å². The Balaban J connectivity index is 2.29.